The number of nitrogens with one attached hydrogen (secondary N) is 1. The van der Waals surface area contributed by atoms with E-state index in [-0.39, 0.29) is 23.6 Å². The van der Waals surface area contributed by atoms with E-state index in [1.165, 1.54) is 11.1 Å². The third-order valence-corrected chi connectivity index (χ3v) is 4.45. The Morgan fingerprint density at radius 2 is 1.96 bits per heavy atom. The molecule has 0 aliphatic heterocycles. The topological polar surface area (TPSA) is 94.0 Å². The second kappa shape index (κ2) is 6.40. The summed E-state index contributed by atoms with van der Waals surface area (Å²) < 4.78 is 4.59. The van der Waals surface area contributed by atoms with Gasteiger partial charge in [-0.15, -0.1) is 0 Å². The van der Waals surface area contributed by atoms with E-state index in [1.807, 2.05) is 0 Å². The number of nitrogens with zero attached hydrogens (tertiary/aromatic N) is 2. The molecule has 122 valence electrons. The summed E-state index contributed by atoms with van der Waals surface area (Å²) >= 11 is 0. The smallest absolute Gasteiger partial charge is 0.215 e. The van der Waals surface area contributed by atoms with Gasteiger partial charge in [-0.3, -0.25) is 4.79 Å². The SMILES string of the molecule is CC(C)c1ccc([C@H]2CC(=O)C[C@@H](Nc3nonc3N)C2)cc1. The van der Waals surface area contributed by atoms with Crippen molar-refractivity contribution in [1.29, 1.82) is 0 Å². The van der Waals surface area contributed by atoms with E-state index >= 15 is 0 Å². The Hall–Kier alpha value is -2.37. The van der Waals surface area contributed by atoms with Crippen LogP contribution >= 0.6 is 0 Å². The van der Waals surface area contributed by atoms with Crippen molar-refractivity contribution in [3.63, 3.8) is 0 Å². The third-order valence-electron chi connectivity index (χ3n) is 4.45. The average Bonchev–Trinajstić information content (AvgIpc) is 2.92. The molecule has 2 aromatic rings. The number of carbonyl (C=O) groups is 1. The van der Waals surface area contributed by atoms with Crippen molar-refractivity contribution < 1.29 is 9.42 Å². The Bertz CT molecular complexity index is 678. The highest BCUT2D eigenvalue weighted by Crippen LogP contribution is 2.33. The fourth-order valence-corrected chi connectivity index (χ4v) is 3.15. The first-order chi connectivity index (χ1) is 11.0. The summed E-state index contributed by atoms with van der Waals surface area (Å²) in [6, 6.07) is 8.59. The number of benzene rings is 1. The average molecular weight is 314 g/mol. The first kappa shape index (κ1) is 15.5. The lowest BCUT2D eigenvalue weighted by Crippen LogP contribution is -2.31. The van der Waals surface area contributed by atoms with Crippen LogP contribution in [0.3, 0.4) is 0 Å². The van der Waals surface area contributed by atoms with Crippen molar-refractivity contribution in [2.75, 3.05) is 11.1 Å². The highest BCUT2D eigenvalue weighted by molar-refractivity contribution is 5.81. The zero-order valence-electron chi connectivity index (χ0n) is 13.5. The van der Waals surface area contributed by atoms with Crippen LogP contribution in [0, 0.1) is 0 Å². The quantitative estimate of drug-likeness (QED) is 0.900. The fourth-order valence-electron chi connectivity index (χ4n) is 3.15. The molecule has 6 nitrogen and oxygen atoms in total. The summed E-state index contributed by atoms with van der Waals surface area (Å²) in [7, 11) is 0. The van der Waals surface area contributed by atoms with Gasteiger partial charge in [0.25, 0.3) is 0 Å². The van der Waals surface area contributed by atoms with Crippen LogP contribution in [0.1, 0.15) is 56.1 Å². The van der Waals surface area contributed by atoms with Gasteiger partial charge in [-0.25, -0.2) is 4.63 Å². The lowest BCUT2D eigenvalue weighted by molar-refractivity contribution is -0.120. The van der Waals surface area contributed by atoms with E-state index in [9.17, 15) is 4.79 Å². The van der Waals surface area contributed by atoms with Crippen molar-refractivity contribution in [2.45, 2.75) is 51.0 Å². The molecule has 0 radical (unpaired) electrons. The standard InChI is InChI=1S/C17H22N4O2/c1-10(2)11-3-5-12(6-4-11)13-7-14(9-15(22)8-13)19-17-16(18)20-23-21-17/h3-6,10,13-14H,7-9H2,1-2H3,(H2,18,20)(H,19,21)/t13-,14+/m1/s1. The lowest BCUT2D eigenvalue weighted by Gasteiger charge is -2.29. The van der Waals surface area contributed by atoms with Crippen LogP contribution in [0.2, 0.25) is 0 Å². The number of aromatic nitrogens is 2. The molecular weight excluding hydrogens is 292 g/mol. The van der Waals surface area contributed by atoms with Crippen molar-refractivity contribution >= 4 is 17.4 Å². The van der Waals surface area contributed by atoms with Gasteiger partial charge >= 0.3 is 0 Å². The van der Waals surface area contributed by atoms with Crippen LogP contribution in [0.25, 0.3) is 0 Å². The number of nitrogen functional groups attached to an aromatic ring is 1. The summed E-state index contributed by atoms with van der Waals surface area (Å²) in [5, 5.41) is 10.5. The summed E-state index contributed by atoms with van der Waals surface area (Å²) in [5.74, 6) is 1.62. The molecule has 1 fully saturated rings. The molecule has 1 saturated carbocycles. The van der Waals surface area contributed by atoms with Gasteiger partial charge in [0.2, 0.25) is 11.6 Å². The second-order valence-electron chi connectivity index (χ2n) is 6.54. The molecule has 1 aliphatic carbocycles. The van der Waals surface area contributed by atoms with Crippen molar-refractivity contribution in [1.82, 2.24) is 10.3 Å². The molecule has 3 rings (SSSR count). The summed E-state index contributed by atoms with van der Waals surface area (Å²) in [6.45, 7) is 4.35. The number of hydrogen-bond donors (Lipinski definition) is 2. The molecule has 0 saturated heterocycles. The maximum absolute atomic E-state index is 12.1. The molecule has 0 unspecified atom stereocenters. The summed E-state index contributed by atoms with van der Waals surface area (Å²) in [6.07, 6.45) is 1.93. The molecule has 1 aromatic heterocycles. The molecule has 3 N–H and O–H groups in total. The Morgan fingerprint density at radius 3 is 2.57 bits per heavy atom. The molecule has 2 atom stereocenters. The molecule has 0 amide bonds. The Kier molecular flexibility index (Phi) is 4.32. The molecular formula is C17H22N4O2. The van der Waals surface area contributed by atoms with Crippen molar-refractivity contribution in [2.24, 2.45) is 0 Å². The van der Waals surface area contributed by atoms with Gasteiger partial charge in [-0.1, -0.05) is 38.1 Å². The monoisotopic (exact) mass is 314 g/mol. The normalized spacial score (nSPS) is 21.6. The largest absolute Gasteiger partial charge is 0.378 e. The van der Waals surface area contributed by atoms with Gasteiger partial charge in [0, 0.05) is 18.9 Å². The van der Waals surface area contributed by atoms with Crippen LogP contribution in [-0.2, 0) is 4.79 Å². The Labute approximate surface area is 135 Å². The van der Waals surface area contributed by atoms with E-state index in [0.29, 0.717) is 24.6 Å². The highest BCUT2D eigenvalue weighted by Gasteiger charge is 2.29. The van der Waals surface area contributed by atoms with E-state index < -0.39 is 0 Å². The first-order valence-corrected chi connectivity index (χ1v) is 7.99. The summed E-state index contributed by atoms with van der Waals surface area (Å²) in [4.78, 5) is 12.1. The van der Waals surface area contributed by atoms with Gasteiger partial charge in [0.15, 0.2) is 0 Å². The summed E-state index contributed by atoms with van der Waals surface area (Å²) in [5.41, 5.74) is 8.19. The van der Waals surface area contributed by atoms with Crippen molar-refractivity contribution in [3.05, 3.63) is 35.4 Å². The number of hydrogen-bond acceptors (Lipinski definition) is 6. The number of Topliss-reactive ketones (excluding diaryl/α,β-unsaturated/α-hetero) is 1. The zero-order valence-corrected chi connectivity index (χ0v) is 13.5. The second-order valence-corrected chi connectivity index (χ2v) is 6.54. The van der Waals surface area contributed by atoms with Crippen LogP contribution in [-0.4, -0.2) is 22.1 Å². The predicted molar refractivity (Wildman–Crippen MR) is 88.3 cm³/mol. The molecule has 1 aromatic carbocycles. The lowest BCUT2D eigenvalue weighted by atomic mass is 9.80. The van der Waals surface area contributed by atoms with Gasteiger partial charge < -0.3 is 11.1 Å². The van der Waals surface area contributed by atoms with Gasteiger partial charge in [0.1, 0.15) is 5.78 Å². The molecule has 0 bridgehead atoms. The number of nitrogens with two attached hydrogens (primary N) is 1. The Balaban J connectivity index is 1.72. The number of ketones is 1. The Morgan fingerprint density at radius 1 is 1.22 bits per heavy atom. The van der Waals surface area contributed by atoms with Crippen LogP contribution in [0.5, 0.6) is 0 Å². The number of anilines is 2. The molecule has 6 heteroatoms. The molecule has 23 heavy (non-hydrogen) atoms. The zero-order chi connectivity index (χ0) is 16.4. The third kappa shape index (κ3) is 3.52. The highest BCUT2D eigenvalue weighted by atomic mass is 16.6. The predicted octanol–water partition coefficient (Wildman–Crippen LogP) is 3.09. The molecule has 0 spiro atoms. The van der Waals surface area contributed by atoms with Crippen LogP contribution in [0.4, 0.5) is 11.6 Å². The minimum absolute atomic E-state index is 0.000209. The molecule has 1 heterocycles. The van der Waals surface area contributed by atoms with Gasteiger partial charge in [0.05, 0.1) is 0 Å². The fraction of sp³-hybridized carbons (Fsp3) is 0.471. The van der Waals surface area contributed by atoms with E-state index in [1.54, 1.807) is 0 Å². The van der Waals surface area contributed by atoms with Crippen LogP contribution < -0.4 is 11.1 Å². The van der Waals surface area contributed by atoms with Gasteiger partial charge in [-0.05, 0) is 39.7 Å². The first-order valence-electron chi connectivity index (χ1n) is 7.99. The van der Waals surface area contributed by atoms with E-state index in [4.69, 9.17) is 5.73 Å². The van der Waals surface area contributed by atoms with E-state index in [2.05, 4.69) is 58.4 Å². The van der Waals surface area contributed by atoms with Gasteiger partial charge in [-0.2, -0.15) is 0 Å². The molecule has 1 aliphatic rings. The van der Waals surface area contributed by atoms with E-state index in [0.717, 1.165) is 6.42 Å². The maximum atomic E-state index is 12.1. The number of rotatable bonds is 4. The van der Waals surface area contributed by atoms with Crippen molar-refractivity contribution in [3.8, 4) is 0 Å². The minimum Gasteiger partial charge on any atom is -0.378 e. The van der Waals surface area contributed by atoms with Crippen LogP contribution in [0.15, 0.2) is 28.9 Å². The maximum Gasteiger partial charge on any atom is 0.215 e. The minimum atomic E-state index is 0.000209. The number of carbonyl (C=O) groups excluding carboxylic acids is 1.